The van der Waals surface area contributed by atoms with E-state index in [9.17, 15) is 13.2 Å². The van der Waals surface area contributed by atoms with Crippen LogP contribution >= 0.6 is 0 Å². The van der Waals surface area contributed by atoms with Gasteiger partial charge in [0.25, 0.3) is 0 Å². The third-order valence-electron chi connectivity index (χ3n) is 9.69. The lowest BCUT2D eigenvalue weighted by Crippen LogP contribution is -2.47. The number of nitrogens with zero attached hydrogens (tertiary/aromatic N) is 3. The van der Waals surface area contributed by atoms with Gasteiger partial charge >= 0.3 is 0 Å². The maximum Gasteiger partial charge on any atom is 0.243 e. The van der Waals surface area contributed by atoms with Crippen LogP contribution < -0.4 is 14.8 Å². The van der Waals surface area contributed by atoms with Gasteiger partial charge in [-0.3, -0.25) is 4.79 Å². The Balaban J connectivity index is 1.01. The van der Waals surface area contributed by atoms with Gasteiger partial charge in [-0.25, -0.2) is 18.4 Å². The average Bonchev–Trinajstić information content (AvgIpc) is 2.97. The number of fused-ring (bicyclic) bond motifs is 1. The van der Waals surface area contributed by atoms with E-state index in [1.54, 1.807) is 55.6 Å². The summed E-state index contributed by atoms with van der Waals surface area (Å²) in [7, 11) is -2.16. The second kappa shape index (κ2) is 10.6. The van der Waals surface area contributed by atoms with E-state index in [0.717, 1.165) is 29.1 Å². The molecule has 0 unspecified atom stereocenters. The number of carbonyl (C=O) groups is 1. The molecule has 5 aliphatic rings. The summed E-state index contributed by atoms with van der Waals surface area (Å²) in [5.74, 6) is 4.80. The minimum absolute atomic E-state index is 0.0184. The van der Waals surface area contributed by atoms with Gasteiger partial charge in [-0.15, -0.1) is 0 Å². The van der Waals surface area contributed by atoms with E-state index >= 15 is 0 Å². The fourth-order valence-corrected chi connectivity index (χ4v) is 9.68. The van der Waals surface area contributed by atoms with Crippen LogP contribution in [0.1, 0.15) is 56.2 Å². The van der Waals surface area contributed by atoms with Crippen LogP contribution in [0.15, 0.2) is 59.8 Å². The highest BCUT2D eigenvalue weighted by Gasteiger charge is 2.51. The van der Waals surface area contributed by atoms with E-state index in [0.29, 0.717) is 35.9 Å². The molecule has 2 heterocycles. The molecule has 1 aliphatic heterocycles. The predicted octanol–water partition coefficient (Wildman–Crippen LogP) is 5.57. The first kappa shape index (κ1) is 27.3. The summed E-state index contributed by atoms with van der Waals surface area (Å²) in [5, 5.41) is 3.08. The summed E-state index contributed by atoms with van der Waals surface area (Å²) in [6.45, 7) is 0.410. The molecular weight excluding hydrogens is 552 g/mol. The van der Waals surface area contributed by atoms with Gasteiger partial charge in [-0.1, -0.05) is 0 Å². The van der Waals surface area contributed by atoms with Gasteiger partial charge in [0.2, 0.25) is 15.9 Å². The van der Waals surface area contributed by atoms with E-state index in [2.05, 4.69) is 15.3 Å². The standard InChI is InChI=1S/C32H36N4O5S/c1-40-24-2-4-25(5-3-24)41-26-6-8-27(9-7-26)42(38,39)36-11-10-28-29(19-36)33-20-34-31(28)35-30(37)18-32-15-21-12-22(16-32)14-23(13-21)17-32/h2-9,20-23H,10-19H2,1H3,(H,33,34,35,37). The normalized spacial score (nSPS) is 26.5. The van der Waals surface area contributed by atoms with Crippen LogP contribution in [0, 0.1) is 23.2 Å². The molecule has 1 amide bonds. The minimum Gasteiger partial charge on any atom is -0.497 e. The van der Waals surface area contributed by atoms with Crippen LogP contribution in [0.2, 0.25) is 0 Å². The number of rotatable bonds is 8. The summed E-state index contributed by atoms with van der Waals surface area (Å²) < 4.78 is 39.5. The Bertz CT molecular complexity index is 1550. The largest absolute Gasteiger partial charge is 0.497 e. The first-order valence-electron chi connectivity index (χ1n) is 14.8. The third-order valence-corrected chi connectivity index (χ3v) is 11.5. The Kier molecular flexibility index (Phi) is 6.93. The van der Waals surface area contributed by atoms with Gasteiger partial charge in [0, 0.05) is 18.5 Å². The smallest absolute Gasteiger partial charge is 0.243 e. The lowest BCUT2D eigenvalue weighted by atomic mass is 9.49. The van der Waals surface area contributed by atoms with Crippen molar-refractivity contribution < 1.29 is 22.7 Å². The van der Waals surface area contributed by atoms with Crippen molar-refractivity contribution in [3.63, 3.8) is 0 Å². The molecule has 4 bridgehead atoms. The summed E-state index contributed by atoms with van der Waals surface area (Å²) in [5.41, 5.74) is 1.60. The molecule has 3 aromatic rings. The van der Waals surface area contributed by atoms with Crippen molar-refractivity contribution in [1.29, 1.82) is 0 Å². The second-order valence-electron chi connectivity index (χ2n) is 12.6. The number of anilines is 1. The van der Waals surface area contributed by atoms with Crippen molar-refractivity contribution >= 4 is 21.7 Å². The molecule has 9 nitrogen and oxygen atoms in total. The van der Waals surface area contributed by atoms with Crippen molar-refractivity contribution in [3.05, 3.63) is 66.1 Å². The SMILES string of the molecule is COc1ccc(Oc2ccc(S(=O)(=O)N3CCc4c(ncnc4NC(=O)CC45CC6CC(CC(C6)C4)C5)C3)cc2)cc1. The fourth-order valence-electron chi connectivity index (χ4n) is 8.28. The zero-order chi connectivity index (χ0) is 28.9. The van der Waals surface area contributed by atoms with E-state index in [4.69, 9.17) is 9.47 Å². The lowest BCUT2D eigenvalue weighted by molar-refractivity contribution is -0.124. The van der Waals surface area contributed by atoms with E-state index < -0.39 is 10.0 Å². The number of benzene rings is 2. The number of methoxy groups -OCH3 is 1. The fraction of sp³-hybridized carbons (Fsp3) is 0.469. The Morgan fingerprint density at radius 3 is 2.14 bits per heavy atom. The van der Waals surface area contributed by atoms with E-state index in [1.165, 1.54) is 49.2 Å². The molecule has 42 heavy (non-hydrogen) atoms. The molecule has 1 aromatic heterocycles. The van der Waals surface area contributed by atoms with Crippen molar-refractivity contribution in [2.45, 2.75) is 62.8 Å². The molecular formula is C32H36N4O5S. The van der Waals surface area contributed by atoms with Crippen LogP contribution in [0.5, 0.6) is 17.2 Å². The average molecular weight is 589 g/mol. The highest BCUT2D eigenvalue weighted by molar-refractivity contribution is 7.89. The predicted molar refractivity (Wildman–Crippen MR) is 157 cm³/mol. The Hall–Kier alpha value is -3.50. The maximum absolute atomic E-state index is 13.5. The van der Waals surface area contributed by atoms with Gasteiger partial charge in [0.05, 0.1) is 24.2 Å². The van der Waals surface area contributed by atoms with Crippen LogP contribution in [-0.2, 0) is 27.8 Å². The highest BCUT2D eigenvalue weighted by atomic mass is 32.2. The third kappa shape index (κ3) is 5.26. The number of aromatic nitrogens is 2. The first-order chi connectivity index (χ1) is 20.3. The van der Waals surface area contributed by atoms with Crippen molar-refractivity contribution in [2.75, 3.05) is 19.0 Å². The number of amides is 1. The molecule has 8 rings (SSSR count). The molecule has 4 saturated carbocycles. The van der Waals surface area contributed by atoms with Gasteiger partial charge in [-0.2, -0.15) is 4.31 Å². The van der Waals surface area contributed by atoms with Crippen LogP contribution in [0.3, 0.4) is 0 Å². The van der Waals surface area contributed by atoms with Crippen LogP contribution in [0.25, 0.3) is 0 Å². The first-order valence-corrected chi connectivity index (χ1v) is 16.3. The molecule has 1 N–H and O–H groups in total. The molecule has 4 fully saturated rings. The summed E-state index contributed by atoms with van der Waals surface area (Å²) in [6.07, 6.45) is 9.97. The van der Waals surface area contributed by atoms with Crippen molar-refractivity contribution in [3.8, 4) is 17.2 Å². The van der Waals surface area contributed by atoms with Gasteiger partial charge in [0.1, 0.15) is 29.4 Å². The van der Waals surface area contributed by atoms with Gasteiger partial charge in [-0.05, 0) is 117 Å². The zero-order valence-electron chi connectivity index (χ0n) is 23.8. The Morgan fingerprint density at radius 2 is 1.52 bits per heavy atom. The van der Waals surface area contributed by atoms with Crippen LogP contribution in [-0.4, -0.2) is 42.3 Å². The minimum atomic E-state index is -3.76. The summed E-state index contributed by atoms with van der Waals surface area (Å²) in [6, 6.07) is 13.6. The van der Waals surface area contributed by atoms with Crippen LogP contribution in [0.4, 0.5) is 5.82 Å². The summed E-state index contributed by atoms with van der Waals surface area (Å²) >= 11 is 0. The maximum atomic E-state index is 13.5. The van der Waals surface area contributed by atoms with Gasteiger partial charge < -0.3 is 14.8 Å². The lowest BCUT2D eigenvalue weighted by Gasteiger charge is -2.56. The number of hydrogen-bond donors (Lipinski definition) is 1. The molecule has 4 aliphatic carbocycles. The number of nitrogens with one attached hydrogen (secondary N) is 1. The summed E-state index contributed by atoms with van der Waals surface area (Å²) in [4.78, 5) is 22.2. The molecule has 0 saturated heterocycles. The van der Waals surface area contributed by atoms with Crippen molar-refractivity contribution in [1.82, 2.24) is 14.3 Å². The molecule has 10 heteroatoms. The molecule has 0 atom stereocenters. The molecule has 220 valence electrons. The Morgan fingerprint density at radius 1 is 0.929 bits per heavy atom. The van der Waals surface area contributed by atoms with Gasteiger partial charge in [0.15, 0.2) is 0 Å². The quantitative estimate of drug-likeness (QED) is 0.366. The highest BCUT2D eigenvalue weighted by Crippen LogP contribution is 2.61. The molecule has 2 aromatic carbocycles. The van der Waals surface area contributed by atoms with E-state index in [1.807, 2.05) is 0 Å². The van der Waals surface area contributed by atoms with E-state index in [-0.39, 0.29) is 29.3 Å². The number of sulfonamides is 1. The number of hydrogen-bond acceptors (Lipinski definition) is 7. The monoisotopic (exact) mass is 588 g/mol. The molecule has 0 radical (unpaired) electrons. The second-order valence-corrected chi connectivity index (χ2v) is 14.6. The number of carbonyl (C=O) groups excluding carboxylic acids is 1. The topological polar surface area (TPSA) is 111 Å². The Labute approximate surface area is 246 Å². The molecule has 0 spiro atoms. The zero-order valence-corrected chi connectivity index (χ0v) is 24.6. The van der Waals surface area contributed by atoms with Crippen molar-refractivity contribution in [2.24, 2.45) is 23.2 Å². The number of ether oxygens (including phenoxy) is 2.